The number of rotatable bonds is 2. The SMILES string of the molecule is Nc1cc(Br)ccc1Nc1cnc2c(c1)CC(=O)N2. The Hall–Kier alpha value is -2.08. The molecule has 0 unspecified atom stereocenters. The molecule has 4 N–H and O–H groups in total. The average Bonchev–Trinajstić information content (AvgIpc) is 2.72. The molecular weight excluding hydrogens is 308 g/mol. The molecule has 96 valence electrons. The lowest BCUT2D eigenvalue weighted by molar-refractivity contribution is -0.115. The second-order valence-corrected chi connectivity index (χ2v) is 5.23. The van der Waals surface area contributed by atoms with Crippen molar-refractivity contribution in [1.29, 1.82) is 0 Å². The molecule has 2 aromatic rings. The lowest BCUT2D eigenvalue weighted by Crippen LogP contribution is -2.04. The number of amides is 1. The van der Waals surface area contributed by atoms with E-state index in [2.05, 4.69) is 31.5 Å². The molecular formula is C13H11BrN4O. The van der Waals surface area contributed by atoms with Crippen molar-refractivity contribution in [3.05, 3.63) is 40.5 Å². The minimum atomic E-state index is -0.0252. The highest BCUT2D eigenvalue weighted by Gasteiger charge is 2.19. The number of fused-ring (bicyclic) bond motifs is 1. The van der Waals surface area contributed by atoms with Crippen LogP contribution >= 0.6 is 15.9 Å². The molecule has 0 spiro atoms. The summed E-state index contributed by atoms with van der Waals surface area (Å²) in [4.78, 5) is 15.5. The third-order valence-corrected chi connectivity index (χ3v) is 3.36. The van der Waals surface area contributed by atoms with E-state index in [0.29, 0.717) is 17.9 Å². The van der Waals surface area contributed by atoms with E-state index in [1.165, 1.54) is 0 Å². The van der Waals surface area contributed by atoms with Crippen molar-refractivity contribution in [3.8, 4) is 0 Å². The normalized spacial score (nSPS) is 13.0. The van der Waals surface area contributed by atoms with Crippen molar-refractivity contribution < 1.29 is 4.79 Å². The Morgan fingerprint density at radius 1 is 1.37 bits per heavy atom. The van der Waals surface area contributed by atoms with E-state index in [1.54, 1.807) is 6.20 Å². The van der Waals surface area contributed by atoms with Crippen molar-refractivity contribution in [2.75, 3.05) is 16.4 Å². The van der Waals surface area contributed by atoms with Crippen LogP contribution in [0.5, 0.6) is 0 Å². The molecule has 0 bridgehead atoms. The van der Waals surface area contributed by atoms with Crippen LogP contribution < -0.4 is 16.4 Å². The van der Waals surface area contributed by atoms with E-state index < -0.39 is 0 Å². The molecule has 5 nitrogen and oxygen atoms in total. The predicted molar refractivity (Wildman–Crippen MR) is 78.4 cm³/mol. The van der Waals surface area contributed by atoms with Crippen molar-refractivity contribution >= 4 is 44.7 Å². The van der Waals surface area contributed by atoms with Gasteiger partial charge in [-0.1, -0.05) is 15.9 Å². The lowest BCUT2D eigenvalue weighted by atomic mass is 10.2. The first kappa shape index (κ1) is 12.0. The van der Waals surface area contributed by atoms with E-state index in [-0.39, 0.29) is 5.91 Å². The zero-order valence-electron chi connectivity index (χ0n) is 9.90. The van der Waals surface area contributed by atoms with E-state index >= 15 is 0 Å². The first-order chi connectivity index (χ1) is 9.11. The van der Waals surface area contributed by atoms with Crippen LogP contribution in [0, 0.1) is 0 Å². The number of nitrogens with two attached hydrogens (primary N) is 1. The zero-order chi connectivity index (χ0) is 13.4. The minimum absolute atomic E-state index is 0.0252. The number of pyridine rings is 1. The maximum atomic E-state index is 11.3. The summed E-state index contributed by atoms with van der Waals surface area (Å²) in [5.41, 5.74) is 9.08. The maximum Gasteiger partial charge on any atom is 0.230 e. The molecule has 0 saturated carbocycles. The topological polar surface area (TPSA) is 80.0 Å². The Bertz CT molecular complexity index is 672. The monoisotopic (exact) mass is 318 g/mol. The van der Waals surface area contributed by atoms with Gasteiger partial charge in [-0.15, -0.1) is 0 Å². The molecule has 0 saturated heterocycles. The van der Waals surface area contributed by atoms with E-state index in [4.69, 9.17) is 5.73 Å². The van der Waals surface area contributed by atoms with Gasteiger partial charge in [0.2, 0.25) is 5.91 Å². The van der Waals surface area contributed by atoms with Crippen LogP contribution in [0.1, 0.15) is 5.56 Å². The number of nitrogens with one attached hydrogen (secondary N) is 2. The molecule has 19 heavy (non-hydrogen) atoms. The Labute approximate surface area is 118 Å². The number of anilines is 4. The molecule has 1 aliphatic heterocycles. The van der Waals surface area contributed by atoms with Crippen LogP contribution in [-0.4, -0.2) is 10.9 Å². The third kappa shape index (κ3) is 2.39. The molecule has 1 aromatic carbocycles. The number of aromatic nitrogens is 1. The molecule has 0 fully saturated rings. The number of carbonyl (C=O) groups excluding carboxylic acids is 1. The van der Waals surface area contributed by atoms with Crippen LogP contribution in [-0.2, 0) is 11.2 Å². The second kappa shape index (κ2) is 4.55. The van der Waals surface area contributed by atoms with Gasteiger partial charge >= 0.3 is 0 Å². The van der Waals surface area contributed by atoms with Gasteiger partial charge in [-0.05, 0) is 24.3 Å². The molecule has 1 aliphatic rings. The van der Waals surface area contributed by atoms with Gasteiger partial charge in [0, 0.05) is 10.0 Å². The Morgan fingerprint density at radius 2 is 2.21 bits per heavy atom. The number of nitrogen functional groups attached to an aromatic ring is 1. The van der Waals surface area contributed by atoms with Gasteiger partial charge in [0.15, 0.2) is 0 Å². The summed E-state index contributed by atoms with van der Waals surface area (Å²) >= 11 is 3.36. The fourth-order valence-corrected chi connectivity index (χ4v) is 2.36. The number of hydrogen-bond donors (Lipinski definition) is 3. The van der Waals surface area contributed by atoms with Gasteiger partial charge in [-0.3, -0.25) is 4.79 Å². The first-order valence-corrected chi connectivity index (χ1v) is 6.52. The molecule has 0 atom stereocenters. The van der Waals surface area contributed by atoms with Crippen LogP contribution in [0.4, 0.5) is 22.9 Å². The number of carbonyl (C=O) groups is 1. The minimum Gasteiger partial charge on any atom is -0.397 e. The zero-order valence-corrected chi connectivity index (χ0v) is 11.5. The molecule has 3 rings (SSSR count). The van der Waals surface area contributed by atoms with Gasteiger partial charge in [0.25, 0.3) is 0 Å². The van der Waals surface area contributed by atoms with Crippen LogP contribution in [0.25, 0.3) is 0 Å². The molecule has 0 radical (unpaired) electrons. The van der Waals surface area contributed by atoms with Gasteiger partial charge in [-0.2, -0.15) is 0 Å². The van der Waals surface area contributed by atoms with Gasteiger partial charge in [0.05, 0.1) is 29.7 Å². The molecule has 0 aliphatic carbocycles. The standard InChI is InChI=1S/C13H11BrN4O/c14-8-1-2-11(10(15)5-8)17-9-3-7-4-12(19)18-13(7)16-6-9/h1-3,5-6,17H,4,15H2,(H,16,18,19). The number of nitrogens with zero attached hydrogens (tertiary/aromatic N) is 1. The third-order valence-electron chi connectivity index (χ3n) is 2.87. The van der Waals surface area contributed by atoms with Crippen molar-refractivity contribution in [2.24, 2.45) is 0 Å². The number of hydrogen-bond acceptors (Lipinski definition) is 4. The molecule has 1 aromatic heterocycles. The van der Waals surface area contributed by atoms with Crippen molar-refractivity contribution in [1.82, 2.24) is 4.98 Å². The van der Waals surface area contributed by atoms with Crippen LogP contribution in [0.15, 0.2) is 34.9 Å². The smallest absolute Gasteiger partial charge is 0.230 e. The average molecular weight is 319 g/mol. The number of benzene rings is 1. The van der Waals surface area contributed by atoms with Gasteiger partial charge in [0.1, 0.15) is 5.82 Å². The summed E-state index contributed by atoms with van der Waals surface area (Å²) in [7, 11) is 0. The summed E-state index contributed by atoms with van der Waals surface area (Å²) in [6.45, 7) is 0. The summed E-state index contributed by atoms with van der Waals surface area (Å²) in [5.74, 6) is 0.613. The van der Waals surface area contributed by atoms with E-state index in [0.717, 1.165) is 21.4 Å². The Balaban J connectivity index is 1.88. The summed E-state index contributed by atoms with van der Waals surface area (Å²) < 4.78 is 0.928. The van der Waals surface area contributed by atoms with Gasteiger partial charge < -0.3 is 16.4 Å². The Morgan fingerprint density at radius 3 is 3.00 bits per heavy atom. The van der Waals surface area contributed by atoms with Crippen LogP contribution in [0.2, 0.25) is 0 Å². The highest BCUT2D eigenvalue weighted by atomic mass is 79.9. The first-order valence-electron chi connectivity index (χ1n) is 5.72. The fraction of sp³-hybridized carbons (Fsp3) is 0.0769. The summed E-state index contributed by atoms with van der Waals surface area (Å²) in [5, 5.41) is 5.90. The molecule has 6 heteroatoms. The summed E-state index contributed by atoms with van der Waals surface area (Å²) in [6.07, 6.45) is 2.04. The van der Waals surface area contributed by atoms with E-state index in [9.17, 15) is 4.79 Å². The lowest BCUT2D eigenvalue weighted by Gasteiger charge is -2.10. The molecule has 1 amide bonds. The number of halogens is 1. The second-order valence-electron chi connectivity index (χ2n) is 4.31. The maximum absolute atomic E-state index is 11.3. The van der Waals surface area contributed by atoms with Crippen LogP contribution in [0.3, 0.4) is 0 Å². The highest BCUT2D eigenvalue weighted by Crippen LogP contribution is 2.28. The van der Waals surface area contributed by atoms with Crippen molar-refractivity contribution in [3.63, 3.8) is 0 Å². The highest BCUT2D eigenvalue weighted by molar-refractivity contribution is 9.10. The fourth-order valence-electron chi connectivity index (χ4n) is 1.98. The molecule has 2 heterocycles. The van der Waals surface area contributed by atoms with Gasteiger partial charge in [-0.25, -0.2) is 4.98 Å². The quantitative estimate of drug-likeness (QED) is 0.744. The largest absolute Gasteiger partial charge is 0.397 e. The van der Waals surface area contributed by atoms with E-state index in [1.807, 2.05) is 24.3 Å². The van der Waals surface area contributed by atoms with Crippen molar-refractivity contribution in [2.45, 2.75) is 6.42 Å². The predicted octanol–water partition coefficient (Wildman–Crippen LogP) is 2.66. The Kier molecular flexibility index (Phi) is 2.87. The summed E-state index contributed by atoms with van der Waals surface area (Å²) in [6, 6.07) is 7.52.